The molecule has 1 heterocycles. The van der Waals surface area contributed by atoms with Gasteiger partial charge in [-0.1, -0.05) is 6.07 Å². The minimum atomic E-state index is -4.26. The Morgan fingerprint density at radius 3 is 2.61 bits per heavy atom. The van der Waals surface area contributed by atoms with Gasteiger partial charge >= 0.3 is 12.6 Å². The summed E-state index contributed by atoms with van der Waals surface area (Å²) >= 11 is 0. The van der Waals surface area contributed by atoms with Gasteiger partial charge in [0.1, 0.15) is 23.9 Å². The molecule has 38 heavy (non-hydrogen) atoms. The molecule has 0 unspecified atom stereocenters. The number of rotatable bonds is 8. The van der Waals surface area contributed by atoms with Crippen LogP contribution in [0.2, 0.25) is 0 Å². The molecule has 0 fully saturated rings. The van der Waals surface area contributed by atoms with E-state index >= 15 is 0 Å². The molecule has 4 rings (SSSR count). The highest BCUT2D eigenvalue weighted by Gasteiger charge is 2.31. The maximum Gasteiger partial charge on any atom is 0.387 e. The fourth-order valence-corrected chi connectivity index (χ4v) is 5.18. The maximum absolute atomic E-state index is 14.4. The van der Waals surface area contributed by atoms with Crippen LogP contribution in [-0.4, -0.2) is 46.7 Å². The quantitative estimate of drug-likeness (QED) is 0.413. The van der Waals surface area contributed by atoms with Crippen molar-refractivity contribution in [1.82, 2.24) is 0 Å². The van der Waals surface area contributed by atoms with Gasteiger partial charge in [-0.3, -0.25) is 9.10 Å². The second kappa shape index (κ2) is 11.0. The van der Waals surface area contributed by atoms with Crippen LogP contribution >= 0.6 is 0 Å². The molecule has 0 radical (unpaired) electrons. The molecule has 1 aliphatic rings. The lowest BCUT2D eigenvalue weighted by molar-refractivity contribution is -0.0500. The van der Waals surface area contributed by atoms with Crippen LogP contribution < -0.4 is 19.1 Å². The fraction of sp³-hybridized carbons (Fsp3) is 0.200. The molecule has 9 nitrogen and oxygen atoms in total. The summed E-state index contributed by atoms with van der Waals surface area (Å²) in [6, 6.07) is 12.2. The fourth-order valence-electron chi connectivity index (χ4n) is 3.69. The molecule has 1 aliphatic heterocycles. The van der Waals surface area contributed by atoms with Gasteiger partial charge in [-0.15, -0.1) is 0 Å². The summed E-state index contributed by atoms with van der Waals surface area (Å²) in [5.41, 5.74) is -0.165. The highest BCUT2D eigenvalue weighted by Crippen LogP contribution is 2.37. The van der Waals surface area contributed by atoms with Crippen molar-refractivity contribution in [2.45, 2.75) is 18.4 Å². The number of amides is 1. The number of carbonyl (C=O) groups excluding carboxylic acids is 2. The topological polar surface area (TPSA) is 111 Å². The number of ether oxygens (including phenoxy) is 3. The predicted molar refractivity (Wildman–Crippen MR) is 130 cm³/mol. The van der Waals surface area contributed by atoms with Crippen molar-refractivity contribution in [2.75, 3.05) is 29.4 Å². The monoisotopic (exact) mass is 550 g/mol. The van der Waals surface area contributed by atoms with Gasteiger partial charge in [-0.2, -0.15) is 8.78 Å². The van der Waals surface area contributed by atoms with Crippen molar-refractivity contribution >= 4 is 33.3 Å². The molecule has 0 bridgehead atoms. The first-order chi connectivity index (χ1) is 18.1. The van der Waals surface area contributed by atoms with E-state index in [0.717, 1.165) is 16.4 Å². The van der Waals surface area contributed by atoms with Crippen molar-refractivity contribution in [3.8, 4) is 11.5 Å². The number of sulfonamides is 1. The van der Waals surface area contributed by atoms with E-state index in [1.165, 1.54) is 48.5 Å². The molecule has 200 valence electrons. The number of anilines is 2. The maximum atomic E-state index is 14.4. The van der Waals surface area contributed by atoms with Crippen LogP contribution in [0.1, 0.15) is 27.6 Å². The van der Waals surface area contributed by atoms with Crippen molar-refractivity contribution in [2.24, 2.45) is 0 Å². The smallest absolute Gasteiger partial charge is 0.387 e. The van der Waals surface area contributed by atoms with Gasteiger partial charge in [0.15, 0.2) is 0 Å². The van der Waals surface area contributed by atoms with Gasteiger partial charge in [-0.25, -0.2) is 17.6 Å². The Labute approximate surface area is 215 Å². The molecule has 1 amide bonds. The lowest BCUT2D eigenvalue weighted by Gasteiger charge is -2.30. The third-order valence-electron chi connectivity index (χ3n) is 5.38. The molecule has 1 N–H and O–H groups in total. The third-order valence-corrected chi connectivity index (χ3v) is 7.19. The molecule has 3 aromatic rings. The molecule has 0 aromatic heterocycles. The lowest BCUT2D eigenvalue weighted by atomic mass is 10.1. The first-order valence-corrected chi connectivity index (χ1v) is 12.7. The molecular formula is C25H21F3N2O7S. The number of halogens is 3. The number of nitrogens with zero attached hydrogens (tertiary/aromatic N) is 1. The van der Waals surface area contributed by atoms with E-state index in [-0.39, 0.29) is 58.7 Å². The number of carbonyl (C=O) groups is 2. The third kappa shape index (κ3) is 5.67. The van der Waals surface area contributed by atoms with Gasteiger partial charge in [0, 0.05) is 17.3 Å². The highest BCUT2D eigenvalue weighted by molar-refractivity contribution is 7.92. The number of esters is 1. The second-order valence-electron chi connectivity index (χ2n) is 7.83. The standard InChI is InChI=1S/C25H21F3N2O7S/c1-2-35-24(32)19-8-7-16(13-20(19)26)29-23(31)15-6-9-22-21(12-15)30(10-11-36-22)38(33,34)18-5-3-4-17(14-18)37-25(27)28/h3-9,12-14,25H,2,10-11H2,1H3,(H,29,31). The molecular weight excluding hydrogens is 529 g/mol. The summed E-state index contributed by atoms with van der Waals surface area (Å²) in [5, 5.41) is 2.49. The largest absolute Gasteiger partial charge is 0.489 e. The number of hydrogen-bond donors (Lipinski definition) is 1. The molecule has 0 saturated carbocycles. The van der Waals surface area contributed by atoms with E-state index in [1.807, 2.05) is 0 Å². The van der Waals surface area contributed by atoms with Gasteiger partial charge in [0.05, 0.1) is 29.3 Å². The summed E-state index contributed by atoms with van der Waals surface area (Å²) in [5.74, 6) is -2.57. The van der Waals surface area contributed by atoms with E-state index in [4.69, 9.17) is 9.47 Å². The SMILES string of the molecule is CCOC(=O)c1ccc(NC(=O)c2ccc3c(c2)N(S(=O)(=O)c2cccc(OC(F)F)c2)CCO3)cc1F. The zero-order valence-electron chi connectivity index (χ0n) is 19.8. The predicted octanol–water partition coefficient (Wildman–Crippen LogP) is 4.44. The number of benzene rings is 3. The number of alkyl halides is 2. The van der Waals surface area contributed by atoms with Gasteiger partial charge in [0.2, 0.25) is 0 Å². The Morgan fingerprint density at radius 1 is 1.11 bits per heavy atom. The van der Waals surface area contributed by atoms with E-state index in [9.17, 15) is 31.2 Å². The zero-order valence-corrected chi connectivity index (χ0v) is 20.6. The summed E-state index contributed by atoms with van der Waals surface area (Å²) in [4.78, 5) is 24.4. The first-order valence-electron chi connectivity index (χ1n) is 11.2. The van der Waals surface area contributed by atoms with Crippen LogP contribution in [0.5, 0.6) is 11.5 Å². The summed E-state index contributed by atoms with van der Waals surface area (Å²) in [7, 11) is -4.26. The number of hydrogen-bond acceptors (Lipinski definition) is 7. The van der Waals surface area contributed by atoms with E-state index < -0.39 is 34.3 Å². The van der Waals surface area contributed by atoms with Crippen LogP contribution in [0.4, 0.5) is 24.5 Å². The lowest BCUT2D eigenvalue weighted by Crippen LogP contribution is -2.38. The Bertz CT molecular complexity index is 1480. The van der Waals surface area contributed by atoms with Crippen LogP contribution in [0, 0.1) is 5.82 Å². The molecule has 0 aliphatic carbocycles. The van der Waals surface area contributed by atoms with Crippen LogP contribution in [0.3, 0.4) is 0 Å². The average Bonchev–Trinajstić information content (AvgIpc) is 2.88. The van der Waals surface area contributed by atoms with Gasteiger partial charge in [0.25, 0.3) is 15.9 Å². The minimum absolute atomic E-state index is 0.0110. The molecule has 0 saturated heterocycles. The normalized spacial score (nSPS) is 12.9. The van der Waals surface area contributed by atoms with Gasteiger partial charge in [-0.05, 0) is 55.5 Å². The Morgan fingerprint density at radius 2 is 1.89 bits per heavy atom. The van der Waals surface area contributed by atoms with Crippen LogP contribution in [0.15, 0.2) is 65.6 Å². The summed E-state index contributed by atoms with van der Waals surface area (Å²) in [6.07, 6.45) is 0. The first kappa shape index (κ1) is 26.8. The van der Waals surface area contributed by atoms with Gasteiger partial charge < -0.3 is 19.5 Å². The zero-order chi connectivity index (χ0) is 27.4. The van der Waals surface area contributed by atoms with Crippen molar-refractivity contribution in [3.05, 3.63) is 77.6 Å². The molecule has 3 aromatic carbocycles. The summed E-state index contributed by atoms with van der Waals surface area (Å²) < 4.78 is 81.9. The Balaban J connectivity index is 1.60. The number of nitrogens with one attached hydrogen (secondary N) is 1. The molecule has 13 heteroatoms. The van der Waals surface area contributed by atoms with Crippen molar-refractivity contribution < 1.29 is 45.4 Å². The molecule has 0 spiro atoms. The molecule has 0 atom stereocenters. The Kier molecular flexibility index (Phi) is 7.76. The second-order valence-corrected chi connectivity index (χ2v) is 9.69. The van der Waals surface area contributed by atoms with Crippen molar-refractivity contribution in [1.29, 1.82) is 0 Å². The van der Waals surface area contributed by atoms with Crippen LogP contribution in [-0.2, 0) is 14.8 Å². The summed E-state index contributed by atoms with van der Waals surface area (Å²) in [6.45, 7) is -1.58. The Hall–Kier alpha value is -4.26. The van der Waals surface area contributed by atoms with E-state index in [1.54, 1.807) is 6.92 Å². The number of fused-ring (bicyclic) bond motifs is 1. The minimum Gasteiger partial charge on any atom is -0.489 e. The van der Waals surface area contributed by atoms with E-state index in [2.05, 4.69) is 10.1 Å². The van der Waals surface area contributed by atoms with Crippen molar-refractivity contribution in [3.63, 3.8) is 0 Å². The van der Waals surface area contributed by atoms with Crippen LogP contribution in [0.25, 0.3) is 0 Å². The average molecular weight is 551 g/mol. The highest BCUT2D eigenvalue weighted by atomic mass is 32.2. The van der Waals surface area contributed by atoms with E-state index in [0.29, 0.717) is 0 Å².